The van der Waals surface area contributed by atoms with Gasteiger partial charge in [0.15, 0.2) is 0 Å². The van der Waals surface area contributed by atoms with Gasteiger partial charge in [0.2, 0.25) is 0 Å². The predicted molar refractivity (Wildman–Crippen MR) is 78.9 cm³/mol. The molecule has 1 aromatic rings. The van der Waals surface area contributed by atoms with E-state index in [1.165, 1.54) is 37.7 Å². The van der Waals surface area contributed by atoms with Crippen molar-refractivity contribution in [3.8, 4) is 0 Å². The summed E-state index contributed by atoms with van der Waals surface area (Å²) in [7, 11) is 2.10. The van der Waals surface area contributed by atoms with Gasteiger partial charge in [-0.15, -0.1) is 0 Å². The fraction of sp³-hybridized carbons (Fsp3) is 0.529. The number of likely N-dealkylation sites (N-methyl/N-ethyl adjacent to an activating group) is 1. The fourth-order valence-corrected chi connectivity index (χ4v) is 3.15. The molecule has 18 heavy (non-hydrogen) atoms. The molecular weight excluding hydrogens is 218 g/mol. The first-order chi connectivity index (χ1) is 8.86. The lowest BCUT2D eigenvalue weighted by Crippen LogP contribution is -2.34. The van der Waals surface area contributed by atoms with Gasteiger partial charge < -0.3 is 5.32 Å². The van der Waals surface area contributed by atoms with E-state index in [0.29, 0.717) is 12.0 Å². The van der Waals surface area contributed by atoms with E-state index in [9.17, 15) is 0 Å². The van der Waals surface area contributed by atoms with Crippen molar-refractivity contribution in [2.24, 2.45) is 0 Å². The maximum atomic E-state index is 3.55. The molecule has 0 bridgehead atoms. The third-order valence-electron chi connectivity index (χ3n) is 4.11. The fourth-order valence-electron chi connectivity index (χ4n) is 3.15. The van der Waals surface area contributed by atoms with Crippen LogP contribution in [0.5, 0.6) is 0 Å². The van der Waals surface area contributed by atoms with Gasteiger partial charge in [0.25, 0.3) is 0 Å². The topological polar surface area (TPSA) is 12.0 Å². The summed E-state index contributed by atoms with van der Waals surface area (Å²) in [5.74, 6) is 0.598. The standard InChI is InChI=1S/C17H25N/c1-3-16(14-10-6-4-7-11-14)17(18-2)15-12-8-5-9-13-15/h4,6-7,10-12,16-18H,3,5,8-9,13H2,1-2H3. The molecule has 0 saturated carbocycles. The van der Waals surface area contributed by atoms with Gasteiger partial charge in [-0.2, -0.15) is 0 Å². The summed E-state index contributed by atoms with van der Waals surface area (Å²) in [6.07, 6.45) is 8.91. The molecule has 0 aromatic heterocycles. The smallest absolute Gasteiger partial charge is 0.0345 e. The van der Waals surface area contributed by atoms with E-state index >= 15 is 0 Å². The van der Waals surface area contributed by atoms with Crippen LogP contribution in [0, 0.1) is 0 Å². The maximum absolute atomic E-state index is 3.55. The van der Waals surface area contributed by atoms with E-state index in [-0.39, 0.29) is 0 Å². The summed E-state index contributed by atoms with van der Waals surface area (Å²) in [6.45, 7) is 2.30. The molecule has 1 nitrogen and oxygen atoms in total. The van der Waals surface area contributed by atoms with Gasteiger partial charge in [-0.3, -0.25) is 0 Å². The highest BCUT2D eigenvalue weighted by Gasteiger charge is 2.24. The Labute approximate surface area is 111 Å². The minimum Gasteiger partial charge on any atom is -0.313 e. The Morgan fingerprint density at radius 3 is 2.50 bits per heavy atom. The quantitative estimate of drug-likeness (QED) is 0.762. The second kappa shape index (κ2) is 6.75. The minimum atomic E-state index is 0.512. The van der Waals surface area contributed by atoms with Gasteiger partial charge in [0, 0.05) is 12.0 Å². The molecule has 2 unspecified atom stereocenters. The molecule has 1 aliphatic rings. The summed E-state index contributed by atoms with van der Waals surface area (Å²) in [4.78, 5) is 0. The van der Waals surface area contributed by atoms with Crippen molar-refractivity contribution in [3.63, 3.8) is 0 Å². The molecule has 0 aliphatic heterocycles. The summed E-state index contributed by atoms with van der Waals surface area (Å²) in [5, 5.41) is 3.55. The SMILES string of the molecule is CCC(c1ccccc1)C(NC)C1=CCCCC1. The number of benzene rings is 1. The molecule has 0 fully saturated rings. The number of allylic oxidation sites excluding steroid dienone is 1. The molecule has 0 radical (unpaired) electrons. The van der Waals surface area contributed by atoms with Crippen molar-refractivity contribution in [3.05, 3.63) is 47.5 Å². The average molecular weight is 243 g/mol. The summed E-state index contributed by atoms with van der Waals surface area (Å²) >= 11 is 0. The zero-order valence-corrected chi connectivity index (χ0v) is 11.7. The maximum Gasteiger partial charge on any atom is 0.0345 e. The van der Waals surface area contributed by atoms with Crippen LogP contribution in [0.15, 0.2) is 42.0 Å². The molecule has 2 rings (SSSR count). The van der Waals surface area contributed by atoms with Gasteiger partial charge in [0.05, 0.1) is 0 Å². The van der Waals surface area contributed by atoms with E-state index in [2.05, 4.69) is 55.7 Å². The van der Waals surface area contributed by atoms with Crippen LogP contribution in [0.25, 0.3) is 0 Å². The summed E-state index contributed by atoms with van der Waals surface area (Å²) in [5.41, 5.74) is 3.09. The van der Waals surface area contributed by atoms with E-state index in [0.717, 1.165) is 0 Å². The van der Waals surface area contributed by atoms with Crippen molar-refractivity contribution >= 4 is 0 Å². The zero-order valence-electron chi connectivity index (χ0n) is 11.7. The van der Waals surface area contributed by atoms with Crippen molar-refractivity contribution < 1.29 is 0 Å². The number of nitrogens with one attached hydrogen (secondary N) is 1. The first kappa shape index (κ1) is 13.4. The van der Waals surface area contributed by atoms with Crippen molar-refractivity contribution in [2.45, 2.75) is 51.0 Å². The van der Waals surface area contributed by atoms with Crippen molar-refractivity contribution in [2.75, 3.05) is 7.05 Å². The van der Waals surface area contributed by atoms with Crippen LogP contribution in [0.4, 0.5) is 0 Å². The molecule has 1 aromatic carbocycles. The summed E-state index contributed by atoms with van der Waals surface area (Å²) < 4.78 is 0. The normalized spacial score (nSPS) is 19.1. The Bertz CT molecular complexity index is 380. The molecule has 0 heterocycles. The molecule has 0 spiro atoms. The van der Waals surface area contributed by atoms with Crippen LogP contribution < -0.4 is 5.32 Å². The van der Waals surface area contributed by atoms with Gasteiger partial charge in [-0.05, 0) is 44.7 Å². The molecule has 1 aliphatic carbocycles. The highest BCUT2D eigenvalue weighted by atomic mass is 14.9. The second-order valence-electron chi connectivity index (χ2n) is 5.22. The van der Waals surface area contributed by atoms with Crippen LogP contribution in [-0.2, 0) is 0 Å². The van der Waals surface area contributed by atoms with Crippen LogP contribution >= 0.6 is 0 Å². The lowest BCUT2D eigenvalue weighted by Gasteiger charge is -2.30. The first-order valence-electron chi connectivity index (χ1n) is 7.28. The zero-order chi connectivity index (χ0) is 12.8. The van der Waals surface area contributed by atoms with Crippen LogP contribution in [-0.4, -0.2) is 13.1 Å². The third-order valence-corrected chi connectivity index (χ3v) is 4.11. The number of hydrogen-bond donors (Lipinski definition) is 1. The lowest BCUT2D eigenvalue weighted by atomic mass is 9.81. The molecule has 0 amide bonds. The number of hydrogen-bond acceptors (Lipinski definition) is 1. The number of rotatable bonds is 5. The Kier molecular flexibility index (Phi) is 5.00. The van der Waals surface area contributed by atoms with Crippen molar-refractivity contribution in [1.82, 2.24) is 5.32 Å². The first-order valence-corrected chi connectivity index (χ1v) is 7.28. The van der Waals surface area contributed by atoms with E-state index in [4.69, 9.17) is 0 Å². The second-order valence-corrected chi connectivity index (χ2v) is 5.22. The van der Waals surface area contributed by atoms with E-state index in [1.807, 2.05) is 0 Å². The average Bonchev–Trinajstić information content (AvgIpc) is 2.46. The monoisotopic (exact) mass is 243 g/mol. The molecule has 98 valence electrons. The van der Waals surface area contributed by atoms with Crippen LogP contribution in [0.1, 0.15) is 50.5 Å². The van der Waals surface area contributed by atoms with Gasteiger partial charge in [0.1, 0.15) is 0 Å². The molecule has 1 N–H and O–H groups in total. The van der Waals surface area contributed by atoms with E-state index in [1.54, 1.807) is 5.57 Å². The highest BCUT2D eigenvalue weighted by molar-refractivity contribution is 5.27. The van der Waals surface area contributed by atoms with E-state index < -0.39 is 0 Å². The minimum absolute atomic E-state index is 0.512. The Hall–Kier alpha value is -1.08. The Balaban J connectivity index is 2.21. The largest absolute Gasteiger partial charge is 0.313 e. The predicted octanol–water partition coefficient (Wildman–Crippen LogP) is 4.27. The Morgan fingerprint density at radius 1 is 1.17 bits per heavy atom. The van der Waals surface area contributed by atoms with Gasteiger partial charge >= 0.3 is 0 Å². The van der Waals surface area contributed by atoms with Gasteiger partial charge in [-0.1, -0.05) is 48.9 Å². The summed E-state index contributed by atoms with van der Waals surface area (Å²) in [6, 6.07) is 11.5. The van der Waals surface area contributed by atoms with Crippen LogP contribution in [0.3, 0.4) is 0 Å². The molecule has 2 atom stereocenters. The third kappa shape index (κ3) is 3.02. The molecule has 0 saturated heterocycles. The molecular formula is C17H25N. The van der Waals surface area contributed by atoms with Crippen molar-refractivity contribution in [1.29, 1.82) is 0 Å². The van der Waals surface area contributed by atoms with Crippen LogP contribution in [0.2, 0.25) is 0 Å². The lowest BCUT2D eigenvalue weighted by molar-refractivity contribution is 0.476. The Morgan fingerprint density at radius 2 is 1.94 bits per heavy atom. The van der Waals surface area contributed by atoms with Gasteiger partial charge in [-0.25, -0.2) is 0 Å². The molecule has 1 heteroatoms. The highest BCUT2D eigenvalue weighted by Crippen LogP contribution is 2.31.